The number of anilines is 1. The van der Waals surface area contributed by atoms with E-state index in [0.29, 0.717) is 18.3 Å². The van der Waals surface area contributed by atoms with Gasteiger partial charge in [0, 0.05) is 37.4 Å². The summed E-state index contributed by atoms with van der Waals surface area (Å²) in [5.41, 5.74) is 4.02. The molecular formula is C24H29N5O2. The van der Waals surface area contributed by atoms with Crippen LogP contribution in [0.3, 0.4) is 0 Å². The molecule has 162 valence electrons. The van der Waals surface area contributed by atoms with Crippen molar-refractivity contribution in [3.05, 3.63) is 65.5 Å². The molecule has 1 amide bonds. The number of nitrogens with one attached hydrogen (secondary N) is 1. The molecule has 1 aliphatic heterocycles. The van der Waals surface area contributed by atoms with Crippen LogP contribution in [0.1, 0.15) is 30.0 Å². The van der Waals surface area contributed by atoms with Gasteiger partial charge in [0.05, 0.1) is 12.6 Å². The molecule has 0 spiro atoms. The largest absolute Gasteiger partial charge is 0.419 e. The van der Waals surface area contributed by atoms with E-state index >= 15 is 0 Å². The normalized spacial score (nSPS) is 16.2. The lowest BCUT2D eigenvalue weighted by Gasteiger charge is -2.36. The van der Waals surface area contributed by atoms with Gasteiger partial charge < -0.3 is 9.73 Å². The molecule has 0 unspecified atom stereocenters. The van der Waals surface area contributed by atoms with Gasteiger partial charge in [0.15, 0.2) is 0 Å². The first-order valence-electron chi connectivity index (χ1n) is 10.7. The molecule has 2 aromatic carbocycles. The topological polar surface area (TPSA) is 74.5 Å². The molecule has 1 fully saturated rings. The second-order valence-electron chi connectivity index (χ2n) is 8.11. The van der Waals surface area contributed by atoms with Crippen molar-refractivity contribution in [1.82, 2.24) is 20.0 Å². The maximum absolute atomic E-state index is 12.6. The Morgan fingerprint density at radius 1 is 1.00 bits per heavy atom. The van der Waals surface area contributed by atoms with Gasteiger partial charge >= 0.3 is 0 Å². The average Bonchev–Trinajstić information content (AvgIpc) is 3.27. The van der Waals surface area contributed by atoms with Crippen LogP contribution < -0.4 is 5.32 Å². The van der Waals surface area contributed by atoms with Gasteiger partial charge in [-0.05, 0) is 44.0 Å². The number of nitrogens with zero attached hydrogens (tertiary/aromatic N) is 4. The Balaban J connectivity index is 1.29. The second kappa shape index (κ2) is 9.41. The fraction of sp³-hybridized carbons (Fsp3) is 0.375. The van der Waals surface area contributed by atoms with E-state index in [-0.39, 0.29) is 11.9 Å². The lowest BCUT2D eigenvalue weighted by molar-refractivity contribution is -0.117. The maximum atomic E-state index is 12.6. The number of benzene rings is 2. The molecule has 0 saturated carbocycles. The van der Waals surface area contributed by atoms with Crippen LogP contribution in [0.5, 0.6) is 0 Å². The Morgan fingerprint density at radius 3 is 2.35 bits per heavy atom. The van der Waals surface area contributed by atoms with Crippen LogP contribution in [0.2, 0.25) is 0 Å². The van der Waals surface area contributed by atoms with Crippen molar-refractivity contribution in [1.29, 1.82) is 0 Å². The van der Waals surface area contributed by atoms with E-state index in [1.165, 1.54) is 0 Å². The van der Waals surface area contributed by atoms with Gasteiger partial charge in [-0.15, -0.1) is 10.2 Å². The number of carbonyl (C=O) groups excluding carboxylic acids is 1. The number of aryl methyl sites for hydroxylation is 2. The first-order chi connectivity index (χ1) is 15.0. The number of piperazine rings is 1. The van der Waals surface area contributed by atoms with Gasteiger partial charge in [0.2, 0.25) is 17.7 Å². The molecule has 7 nitrogen and oxygen atoms in total. The van der Waals surface area contributed by atoms with Gasteiger partial charge in [-0.25, -0.2) is 0 Å². The highest BCUT2D eigenvalue weighted by molar-refractivity contribution is 5.93. The quantitative estimate of drug-likeness (QED) is 0.657. The highest BCUT2D eigenvalue weighted by Crippen LogP contribution is 2.25. The van der Waals surface area contributed by atoms with E-state index in [9.17, 15) is 4.79 Å². The van der Waals surface area contributed by atoms with E-state index in [4.69, 9.17) is 4.42 Å². The van der Waals surface area contributed by atoms with Gasteiger partial charge in [0.25, 0.3) is 0 Å². The standard InChI is InChI=1S/C24H29N5O2/c1-17-8-7-9-18(2)22(17)25-21(30)16-28-12-14-29(15-13-28)19(3)23-26-27-24(31-23)20-10-5-4-6-11-20/h4-11,19H,12-16H2,1-3H3,(H,25,30)/t19-/m0/s1. The molecule has 0 bridgehead atoms. The van der Waals surface area contributed by atoms with E-state index in [2.05, 4.69) is 32.2 Å². The Labute approximate surface area is 183 Å². The summed E-state index contributed by atoms with van der Waals surface area (Å²) < 4.78 is 5.92. The predicted octanol–water partition coefficient (Wildman–Crippen LogP) is 3.67. The van der Waals surface area contributed by atoms with Crippen molar-refractivity contribution < 1.29 is 9.21 Å². The van der Waals surface area contributed by atoms with Crippen LogP contribution in [0.4, 0.5) is 5.69 Å². The Bertz CT molecular complexity index is 1010. The number of aromatic nitrogens is 2. The van der Waals surface area contributed by atoms with Crippen LogP contribution in [-0.4, -0.2) is 58.6 Å². The molecule has 1 N–H and O–H groups in total. The van der Waals surface area contributed by atoms with Crippen LogP contribution in [0.25, 0.3) is 11.5 Å². The lowest BCUT2D eigenvalue weighted by Crippen LogP contribution is -2.49. The summed E-state index contributed by atoms with van der Waals surface area (Å²) in [5, 5.41) is 11.5. The summed E-state index contributed by atoms with van der Waals surface area (Å²) >= 11 is 0. The van der Waals surface area contributed by atoms with Crippen molar-refractivity contribution >= 4 is 11.6 Å². The van der Waals surface area contributed by atoms with E-state index in [1.807, 2.05) is 62.4 Å². The van der Waals surface area contributed by atoms with Crippen LogP contribution >= 0.6 is 0 Å². The highest BCUT2D eigenvalue weighted by atomic mass is 16.4. The fourth-order valence-electron chi connectivity index (χ4n) is 3.96. The highest BCUT2D eigenvalue weighted by Gasteiger charge is 2.26. The molecule has 0 aliphatic carbocycles. The lowest BCUT2D eigenvalue weighted by atomic mass is 10.1. The summed E-state index contributed by atoms with van der Waals surface area (Å²) in [6.07, 6.45) is 0. The minimum absolute atomic E-state index is 0.0308. The van der Waals surface area contributed by atoms with Crippen molar-refractivity contribution in [2.45, 2.75) is 26.8 Å². The number of hydrogen-bond donors (Lipinski definition) is 1. The van der Waals surface area contributed by atoms with E-state index < -0.39 is 0 Å². The van der Waals surface area contributed by atoms with E-state index in [1.54, 1.807) is 0 Å². The minimum Gasteiger partial charge on any atom is -0.419 e. The molecule has 4 rings (SSSR count). The molecule has 7 heteroatoms. The number of para-hydroxylation sites is 1. The summed E-state index contributed by atoms with van der Waals surface area (Å²) in [5.74, 6) is 1.20. The number of rotatable bonds is 6. The molecular weight excluding hydrogens is 390 g/mol. The zero-order valence-corrected chi connectivity index (χ0v) is 18.3. The molecule has 1 saturated heterocycles. The zero-order valence-electron chi connectivity index (χ0n) is 18.3. The monoisotopic (exact) mass is 419 g/mol. The molecule has 3 aromatic rings. The maximum Gasteiger partial charge on any atom is 0.247 e. The van der Waals surface area contributed by atoms with Crippen molar-refractivity contribution in [3.8, 4) is 11.5 Å². The van der Waals surface area contributed by atoms with Gasteiger partial charge in [-0.3, -0.25) is 14.6 Å². The smallest absolute Gasteiger partial charge is 0.247 e. The fourth-order valence-corrected chi connectivity index (χ4v) is 3.96. The van der Waals surface area contributed by atoms with E-state index in [0.717, 1.165) is 48.6 Å². The van der Waals surface area contributed by atoms with Crippen molar-refractivity contribution in [2.24, 2.45) is 0 Å². The first-order valence-corrected chi connectivity index (χ1v) is 10.7. The SMILES string of the molecule is Cc1cccc(C)c1NC(=O)CN1CCN([C@@H](C)c2nnc(-c3ccccc3)o2)CC1. The Kier molecular flexibility index (Phi) is 6.44. The van der Waals surface area contributed by atoms with Crippen LogP contribution in [0.15, 0.2) is 52.9 Å². The minimum atomic E-state index is 0.0308. The summed E-state index contributed by atoms with van der Waals surface area (Å²) in [4.78, 5) is 17.1. The summed E-state index contributed by atoms with van der Waals surface area (Å²) in [6, 6.07) is 15.9. The van der Waals surface area contributed by atoms with Gasteiger partial charge in [0.1, 0.15) is 0 Å². The third-order valence-corrected chi connectivity index (χ3v) is 5.89. The van der Waals surface area contributed by atoms with Crippen LogP contribution in [-0.2, 0) is 4.79 Å². The molecule has 1 aliphatic rings. The third-order valence-electron chi connectivity index (χ3n) is 5.89. The number of carbonyl (C=O) groups is 1. The van der Waals surface area contributed by atoms with Gasteiger partial charge in [-0.2, -0.15) is 0 Å². The second-order valence-corrected chi connectivity index (χ2v) is 8.11. The Hall–Kier alpha value is -3.03. The molecule has 1 atom stereocenters. The first kappa shape index (κ1) is 21.2. The van der Waals surface area contributed by atoms with Crippen molar-refractivity contribution in [3.63, 3.8) is 0 Å². The molecule has 1 aromatic heterocycles. The van der Waals surface area contributed by atoms with Crippen molar-refractivity contribution in [2.75, 3.05) is 38.0 Å². The molecule has 0 radical (unpaired) electrons. The molecule has 31 heavy (non-hydrogen) atoms. The molecule has 2 heterocycles. The summed E-state index contributed by atoms with van der Waals surface area (Å²) in [7, 11) is 0. The predicted molar refractivity (Wildman–Crippen MR) is 121 cm³/mol. The zero-order chi connectivity index (χ0) is 21.8. The summed E-state index contributed by atoms with van der Waals surface area (Å²) in [6.45, 7) is 9.86. The third kappa shape index (κ3) is 5.00. The number of amides is 1. The van der Waals surface area contributed by atoms with Crippen LogP contribution in [0, 0.1) is 13.8 Å². The Morgan fingerprint density at radius 2 is 1.68 bits per heavy atom. The number of hydrogen-bond acceptors (Lipinski definition) is 6. The average molecular weight is 420 g/mol. The van der Waals surface area contributed by atoms with Gasteiger partial charge in [-0.1, -0.05) is 36.4 Å².